The fraction of sp³-hybridized carbons (Fsp3) is 0.182. The third-order valence-electron chi connectivity index (χ3n) is 9.98. The van der Waals surface area contributed by atoms with Gasteiger partial charge in [-0.25, -0.2) is 9.97 Å². The van der Waals surface area contributed by atoms with Gasteiger partial charge in [0.1, 0.15) is 21.7 Å². The molecule has 0 fully saturated rings. The minimum absolute atomic E-state index is 0.0670. The Hall–Kier alpha value is -5.18. The van der Waals surface area contributed by atoms with Crippen molar-refractivity contribution in [2.24, 2.45) is 9.98 Å². The summed E-state index contributed by atoms with van der Waals surface area (Å²) in [4.78, 5) is 20.3. The number of aromatic nitrogens is 4. The van der Waals surface area contributed by atoms with Crippen molar-refractivity contribution >= 4 is 77.2 Å². The Labute approximate surface area is 310 Å². The van der Waals surface area contributed by atoms with E-state index in [1.54, 1.807) is 23.5 Å². The first-order chi connectivity index (χ1) is 25.2. The second-order valence-electron chi connectivity index (χ2n) is 15.0. The van der Waals surface area contributed by atoms with E-state index in [1.807, 2.05) is 0 Å². The van der Waals surface area contributed by atoms with E-state index >= 15 is 0 Å². The summed E-state index contributed by atoms with van der Waals surface area (Å²) in [6.45, 7) is 8.72. The van der Waals surface area contributed by atoms with Gasteiger partial charge in [-0.15, -0.1) is 23.5 Å². The molecule has 0 unspecified atom stereocenters. The first-order valence-corrected chi connectivity index (χ1v) is 19.7. The summed E-state index contributed by atoms with van der Waals surface area (Å²) in [6.07, 6.45) is 0. The maximum absolute atomic E-state index is 5.16. The van der Waals surface area contributed by atoms with E-state index in [0.29, 0.717) is 0 Å². The van der Waals surface area contributed by atoms with E-state index in [2.05, 4.69) is 158 Å². The Morgan fingerprint density at radius 3 is 1.31 bits per heavy atom. The molecule has 254 valence electrons. The highest BCUT2D eigenvalue weighted by atomic mass is 32.2. The largest absolute Gasteiger partial charge is 0.294 e. The van der Waals surface area contributed by atoms with Gasteiger partial charge >= 0.3 is 0 Å². The van der Waals surface area contributed by atoms with E-state index in [4.69, 9.17) is 20.0 Å². The van der Waals surface area contributed by atoms with Crippen molar-refractivity contribution in [3.8, 4) is 22.8 Å². The van der Waals surface area contributed by atoms with Crippen LogP contribution < -0.4 is 0 Å². The van der Waals surface area contributed by atoms with Crippen LogP contribution in [-0.4, -0.2) is 51.8 Å². The van der Waals surface area contributed by atoms with E-state index < -0.39 is 0 Å². The molecule has 0 spiro atoms. The van der Waals surface area contributed by atoms with E-state index in [-0.39, 0.29) is 11.1 Å². The van der Waals surface area contributed by atoms with Crippen molar-refractivity contribution in [1.82, 2.24) is 19.1 Å². The lowest BCUT2D eigenvalue weighted by Crippen LogP contribution is -2.15. The Morgan fingerprint density at radius 2 is 0.885 bits per heavy atom. The Morgan fingerprint density at radius 1 is 0.462 bits per heavy atom. The van der Waals surface area contributed by atoms with Crippen molar-refractivity contribution in [1.29, 1.82) is 0 Å². The van der Waals surface area contributed by atoms with Gasteiger partial charge in [0.05, 0.1) is 44.5 Å². The van der Waals surface area contributed by atoms with Crippen LogP contribution in [0.25, 0.3) is 66.4 Å². The molecule has 8 aromatic rings. The summed E-state index contributed by atoms with van der Waals surface area (Å²) in [6, 6.07) is 43.5. The number of pyridine rings is 2. The number of hydrogen-bond donors (Lipinski definition) is 0. The fourth-order valence-electron chi connectivity index (χ4n) is 7.56. The van der Waals surface area contributed by atoms with Crippen LogP contribution in [0.3, 0.4) is 0 Å². The number of fused-ring (bicyclic) bond motifs is 6. The number of para-hydroxylation sites is 2. The molecule has 6 nitrogen and oxygen atoms in total. The monoisotopic (exact) mass is 712 g/mol. The Balaban J connectivity index is 1.10. The number of benzene rings is 4. The second kappa shape index (κ2) is 11.7. The van der Waals surface area contributed by atoms with Crippen LogP contribution in [0.4, 0.5) is 0 Å². The zero-order chi connectivity index (χ0) is 35.2. The third kappa shape index (κ3) is 5.19. The minimum Gasteiger partial charge on any atom is -0.294 e. The maximum atomic E-state index is 5.16. The van der Waals surface area contributed by atoms with Crippen molar-refractivity contribution in [3.63, 3.8) is 0 Å². The summed E-state index contributed by atoms with van der Waals surface area (Å²) < 4.78 is 4.58. The molecule has 0 bridgehead atoms. The van der Waals surface area contributed by atoms with Crippen LogP contribution in [0.1, 0.15) is 39.1 Å². The summed E-state index contributed by atoms with van der Waals surface area (Å²) in [5, 5.41) is 6.85. The van der Waals surface area contributed by atoms with Crippen LogP contribution in [0.2, 0.25) is 0 Å². The van der Waals surface area contributed by atoms with E-state index in [9.17, 15) is 0 Å². The third-order valence-corrected chi connectivity index (χ3v) is 12.8. The van der Waals surface area contributed by atoms with Crippen molar-refractivity contribution in [3.05, 3.63) is 133 Å². The molecule has 0 amide bonds. The number of nitrogens with zero attached hydrogens (tertiary/aromatic N) is 6. The van der Waals surface area contributed by atoms with Gasteiger partial charge in [-0.2, -0.15) is 0 Å². The SMILES string of the molecule is CC1(C)CSC(c2cccc(-n3c4ccccc4c4cc(-c5ccc6c(c5)c5ccccc5n6-c5cccc(C6=NC(C)(C)CS6)n5)ccc43)n2)=N1. The van der Waals surface area contributed by atoms with Gasteiger partial charge in [0.25, 0.3) is 0 Å². The normalized spacial score (nSPS) is 16.7. The molecule has 0 aliphatic carbocycles. The summed E-state index contributed by atoms with van der Waals surface area (Å²) in [5.74, 6) is 3.74. The Kier molecular flexibility index (Phi) is 7.08. The standard InChI is InChI=1S/C44H36N6S2/c1-43(2)25-51-41(47-43)33-13-9-17-39(45-33)49-35-15-7-5-11-29(35)31-23-27(19-21-37(31)49)28-20-22-38-32(24-28)30-12-6-8-16-36(30)50(38)40-18-10-14-34(46-40)42-48-44(3,4)26-52-42/h5-24H,25-26H2,1-4H3. The number of thioether (sulfide) groups is 2. The molecule has 0 radical (unpaired) electrons. The average molecular weight is 713 g/mol. The van der Waals surface area contributed by atoms with Gasteiger partial charge in [-0.3, -0.25) is 19.1 Å². The molecule has 0 N–H and O–H groups in total. The molecule has 0 saturated carbocycles. The summed E-state index contributed by atoms with van der Waals surface area (Å²) in [5.41, 5.74) is 8.62. The predicted molar refractivity (Wildman–Crippen MR) is 222 cm³/mol. The first-order valence-electron chi connectivity index (χ1n) is 17.7. The molecular formula is C44H36N6S2. The highest BCUT2D eigenvalue weighted by Crippen LogP contribution is 2.39. The van der Waals surface area contributed by atoms with Crippen LogP contribution in [-0.2, 0) is 0 Å². The van der Waals surface area contributed by atoms with Gasteiger partial charge in [-0.05, 0) is 99.5 Å². The molecule has 0 atom stereocenters. The van der Waals surface area contributed by atoms with Crippen molar-refractivity contribution < 1.29 is 0 Å². The lowest BCUT2D eigenvalue weighted by Gasteiger charge is -2.10. The Bertz CT molecular complexity index is 2630. The van der Waals surface area contributed by atoms with Crippen LogP contribution in [0.15, 0.2) is 131 Å². The molecule has 2 aliphatic heterocycles. The van der Waals surface area contributed by atoms with Crippen LogP contribution >= 0.6 is 23.5 Å². The zero-order valence-corrected chi connectivity index (χ0v) is 31.1. The van der Waals surface area contributed by atoms with Gasteiger partial charge in [0.2, 0.25) is 0 Å². The summed E-state index contributed by atoms with van der Waals surface area (Å²) in [7, 11) is 0. The van der Waals surface area contributed by atoms with Crippen molar-refractivity contribution in [2.45, 2.75) is 38.8 Å². The number of aliphatic imine (C=N–C) groups is 2. The molecule has 52 heavy (non-hydrogen) atoms. The number of rotatable bonds is 5. The smallest absolute Gasteiger partial charge is 0.138 e. The molecule has 4 aromatic heterocycles. The highest BCUT2D eigenvalue weighted by molar-refractivity contribution is 8.15. The van der Waals surface area contributed by atoms with Gasteiger partial charge < -0.3 is 0 Å². The topological polar surface area (TPSA) is 60.4 Å². The van der Waals surface area contributed by atoms with E-state index in [0.717, 1.165) is 66.7 Å². The lowest BCUT2D eigenvalue weighted by molar-refractivity contribution is 0.604. The van der Waals surface area contributed by atoms with Gasteiger partial charge in [0.15, 0.2) is 0 Å². The predicted octanol–water partition coefficient (Wildman–Crippen LogP) is 10.9. The van der Waals surface area contributed by atoms with Gasteiger partial charge in [0, 0.05) is 33.1 Å². The molecule has 8 heteroatoms. The molecular weight excluding hydrogens is 677 g/mol. The molecule has 0 saturated heterocycles. The maximum Gasteiger partial charge on any atom is 0.138 e. The van der Waals surface area contributed by atoms with E-state index in [1.165, 1.54) is 32.7 Å². The van der Waals surface area contributed by atoms with Crippen LogP contribution in [0.5, 0.6) is 0 Å². The lowest BCUT2D eigenvalue weighted by atomic mass is 10.0. The number of hydrogen-bond acceptors (Lipinski definition) is 6. The second-order valence-corrected chi connectivity index (χ2v) is 16.9. The van der Waals surface area contributed by atoms with Gasteiger partial charge in [-0.1, -0.05) is 60.7 Å². The quantitative estimate of drug-likeness (QED) is 0.178. The van der Waals surface area contributed by atoms with Crippen molar-refractivity contribution in [2.75, 3.05) is 11.5 Å². The molecule has 2 aliphatic rings. The molecule has 4 aromatic carbocycles. The highest BCUT2D eigenvalue weighted by Gasteiger charge is 2.28. The van der Waals surface area contributed by atoms with Crippen LogP contribution in [0, 0.1) is 0 Å². The minimum atomic E-state index is -0.0670. The summed E-state index contributed by atoms with van der Waals surface area (Å²) >= 11 is 3.58. The average Bonchev–Trinajstić information content (AvgIpc) is 3.91. The zero-order valence-electron chi connectivity index (χ0n) is 29.5. The fourth-order valence-corrected chi connectivity index (χ4v) is 9.82. The first kappa shape index (κ1) is 31.5. The molecule has 10 rings (SSSR count). The molecule has 6 heterocycles.